The lowest BCUT2D eigenvalue weighted by Crippen LogP contribution is -2.35. The third kappa shape index (κ3) is 4.16. The van der Waals surface area contributed by atoms with Crippen molar-refractivity contribution in [3.63, 3.8) is 0 Å². The first-order valence-electron chi connectivity index (χ1n) is 11.4. The van der Waals surface area contributed by atoms with Gasteiger partial charge in [0.2, 0.25) is 0 Å². The molecule has 1 fully saturated rings. The lowest BCUT2D eigenvalue weighted by atomic mass is 9.92. The van der Waals surface area contributed by atoms with Crippen molar-refractivity contribution in [3.8, 4) is 23.1 Å². The number of anilines is 1. The number of fused-ring (bicyclic) bond motifs is 1. The number of rotatable bonds is 7. The van der Waals surface area contributed by atoms with Crippen LogP contribution in [0.4, 0.5) is 10.5 Å². The van der Waals surface area contributed by atoms with Gasteiger partial charge in [0.15, 0.2) is 0 Å². The van der Waals surface area contributed by atoms with Crippen LogP contribution in [0.3, 0.4) is 0 Å². The van der Waals surface area contributed by atoms with E-state index in [1.807, 2.05) is 57.2 Å². The summed E-state index contributed by atoms with van der Waals surface area (Å²) in [7, 11) is 0. The Kier molecular flexibility index (Phi) is 6.36. The van der Waals surface area contributed by atoms with Crippen LogP contribution in [-0.4, -0.2) is 23.2 Å². The van der Waals surface area contributed by atoms with E-state index in [9.17, 15) is 10.1 Å². The molecule has 0 unspecified atom stereocenters. The van der Waals surface area contributed by atoms with Gasteiger partial charge in [-0.3, -0.25) is 0 Å². The van der Waals surface area contributed by atoms with Crippen LogP contribution in [0.1, 0.15) is 58.1 Å². The van der Waals surface area contributed by atoms with Crippen molar-refractivity contribution in [2.24, 2.45) is 0 Å². The van der Waals surface area contributed by atoms with E-state index in [2.05, 4.69) is 27.3 Å². The van der Waals surface area contributed by atoms with Crippen LogP contribution in [0.2, 0.25) is 0 Å². The first-order chi connectivity index (χ1) is 15.5. The summed E-state index contributed by atoms with van der Waals surface area (Å²) in [5, 5.41) is 16.8. The van der Waals surface area contributed by atoms with Crippen LogP contribution in [0, 0.1) is 11.3 Å². The summed E-state index contributed by atoms with van der Waals surface area (Å²) < 4.78 is 8.05. The molecule has 4 rings (SSSR count). The maximum absolute atomic E-state index is 12.1. The second-order valence-corrected chi connectivity index (χ2v) is 8.39. The summed E-state index contributed by atoms with van der Waals surface area (Å²) in [6, 6.07) is 16.4. The van der Waals surface area contributed by atoms with Crippen LogP contribution in [0.25, 0.3) is 22.2 Å². The number of nitriles is 1. The maximum Gasteiger partial charge on any atom is 0.319 e. The molecule has 0 bridgehead atoms. The zero-order chi connectivity index (χ0) is 22.7. The zero-order valence-electron chi connectivity index (χ0n) is 18.9. The Morgan fingerprint density at radius 3 is 2.56 bits per heavy atom. The second kappa shape index (κ2) is 9.35. The number of urea groups is 1. The normalized spacial score (nSPS) is 14.4. The van der Waals surface area contributed by atoms with Crippen LogP contribution in [-0.2, 0) is 0 Å². The van der Waals surface area contributed by atoms with Crippen molar-refractivity contribution in [1.29, 1.82) is 5.26 Å². The molecular formula is C26H30N4O2. The van der Waals surface area contributed by atoms with E-state index in [1.54, 1.807) is 0 Å². The zero-order valence-corrected chi connectivity index (χ0v) is 18.9. The lowest BCUT2D eigenvalue weighted by molar-refractivity contribution is 0.249. The molecule has 1 atom stereocenters. The molecule has 1 aliphatic carbocycles. The van der Waals surface area contributed by atoms with Crippen LogP contribution >= 0.6 is 0 Å². The minimum Gasteiger partial charge on any atom is -0.494 e. The summed E-state index contributed by atoms with van der Waals surface area (Å²) in [5.74, 6) is 0.820. The molecule has 2 amide bonds. The van der Waals surface area contributed by atoms with E-state index in [0.29, 0.717) is 18.2 Å². The highest BCUT2D eigenvalue weighted by Gasteiger charge is 2.28. The Balaban J connectivity index is 1.73. The highest BCUT2D eigenvalue weighted by Crippen LogP contribution is 2.43. The SMILES string of the molecule is CCOc1ccc2c(C#N)c(-c3ccc(NC(=O)N[C@H](C)CC)cc3)n(C3CCC3)c2c1. The van der Waals surface area contributed by atoms with Crippen molar-refractivity contribution in [3.05, 3.63) is 48.0 Å². The molecule has 0 radical (unpaired) electrons. The number of carbonyl (C=O) groups excluding carboxylic acids is 1. The number of nitrogens with zero attached hydrogens (tertiary/aromatic N) is 2. The second-order valence-electron chi connectivity index (χ2n) is 8.39. The topological polar surface area (TPSA) is 79.1 Å². The molecule has 1 aliphatic rings. The molecule has 0 aliphatic heterocycles. The number of hydrogen-bond acceptors (Lipinski definition) is 3. The number of amides is 2. The summed E-state index contributed by atoms with van der Waals surface area (Å²) in [4.78, 5) is 12.1. The molecule has 32 heavy (non-hydrogen) atoms. The van der Waals surface area contributed by atoms with Gasteiger partial charge < -0.3 is 19.9 Å². The molecular weight excluding hydrogens is 400 g/mol. The molecule has 2 N–H and O–H groups in total. The number of aromatic nitrogens is 1. The van der Waals surface area contributed by atoms with Crippen molar-refractivity contribution in [1.82, 2.24) is 9.88 Å². The first kappa shape index (κ1) is 21.8. The van der Waals surface area contributed by atoms with Gasteiger partial charge in [-0.05, 0) is 69.4 Å². The Bertz CT molecular complexity index is 1150. The van der Waals surface area contributed by atoms with Gasteiger partial charge in [-0.1, -0.05) is 19.1 Å². The van der Waals surface area contributed by atoms with Crippen LogP contribution < -0.4 is 15.4 Å². The van der Waals surface area contributed by atoms with Gasteiger partial charge in [0.05, 0.1) is 23.4 Å². The van der Waals surface area contributed by atoms with E-state index in [1.165, 1.54) is 6.42 Å². The van der Waals surface area contributed by atoms with Gasteiger partial charge in [0, 0.05) is 29.2 Å². The van der Waals surface area contributed by atoms with Gasteiger partial charge >= 0.3 is 6.03 Å². The molecule has 3 aromatic rings. The van der Waals surface area contributed by atoms with Gasteiger partial charge in [-0.15, -0.1) is 0 Å². The Morgan fingerprint density at radius 1 is 1.22 bits per heavy atom. The largest absolute Gasteiger partial charge is 0.494 e. The van der Waals surface area contributed by atoms with Crippen LogP contribution in [0.15, 0.2) is 42.5 Å². The van der Waals surface area contributed by atoms with E-state index >= 15 is 0 Å². The quantitative estimate of drug-likeness (QED) is 0.467. The number of carbonyl (C=O) groups is 1. The molecule has 0 saturated heterocycles. The Labute approximate surface area is 189 Å². The van der Waals surface area contributed by atoms with Gasteiger partial charge in [-0.2, -0.15) is 5.26 Å². The van der Waals surface area contributed by atoms with Crippen LogP contribution in [0.5, 0.6) is 5.75 Å². The molecule has 0 spiro atoms. The van der Waals surface area contributed by atoms with Gasteiger partial charge in [0.1, 0.15) is 11.8 Å². The summed E-state index contributed by atoms with van der Waals surface area (Å²) in [6.45, 7) is 6.58. The molecule has 2 aromatic carbocycles. The number of hydrogen-bond donors (Lipinski definition) is 2. The Hall–Kier alpha value is -3.46. The van der Waals surface area contributed by atoms with E-state index in [4.69, 9.17) is 4.74 Å². The molecule has 6 nitrogen and oxygen atoms in total. The van der Waals surface area contributed by atoms with Gasteiger partial charge in [-0.25, -0.2) is 4.79 Å². The average Bonchev–Trinajstić information content (AvgIpc) is 3.06. The summed E-state index contributed by atoms with van der Waals surface area (Å²) in [5.41, 5.74) is 4.36. The fourth-order valence-corrected chi connectivity index (χ4v) is 4.17. The first-order valence-corrected chi connectivity index (χ1v) is 11.4. The van der Waals surface area contributed by atoms with E-state index in [-0.39, 0.29) is 12.1 Å². The molecule has 166 valence electrons. The highest BCUT2D eigenvalue weighted by atomic mass is 16.5. The fourth-order valence-electron chi connectivity index (χ4n) is 4.17. The van der Waals surface area contributed by atoms with Crippen molar-refractivity contribution in [2.75, 3.05) is 11.9 Å². The van der Waals surface area contributed by atoms with Crippen molar-refractivity contribution >= 4 is 22.6 Å². The monoisotopic (exact) mass is 430 g/mol. The molecule has 1 saturated carbocycles. The lowest BCUT2D eigenvalue weighted by Gasteiger charge is -2.30. The predicted octanol–water partition coefficient (Wildman–Crippen LogP) is 6.22. The minimum atomic E-state index is -0.211. The van der Waals surface area contributed by atoms with E-state index < -0.39 is 0 Å². The third-order valence-corrected chi connectivity index (χ3v) is 6.24. The van der Waals surface area contributed by atoms with Crippen molar-refractivity contribution < 1.29 is 9.53 Å². The van der Waals surface area contributed by atoms with Crippen molar-refractivity contribution in [2.45, 2.75) is 58.5 Å². The minimum absolute atomic E-state index is 0.118. The molecule has 1 heterocycles. The Morgan fingerprint density at radius 2 is 1.97 bits per heavy atom. The average molecular weight is 431 g/mol. The fraction of sp³-hybridized carbons (Fsp3) is 0.385. The van der Waals surface area contributed by atoms with E-state index in [0.717, 1.165) is 52.9 Å². The number of nitrogens with one attached hydrogen (secondary N) is 2. The third-order valence-electron chi connectivity index (χ3n) is 6.24. The summed E-state index contributed by atoms with van der Waals surface area (Å²) in [6.07, 6.45) is 4.29. The number of ether oxygens (including phenoxy) is 1. The molecule has 6 heteroatoms. The smallest absolute Gasteiger partial charge is 0.319 e. The maximum atomic E-state index is 12.1. The number of benzene rings is 2. The van der Waals surface area contributed by atoms with Gasteiger partial charge in [0.25, 0.3) is 0 Å². The predicted molar refractivity (Wildman–Crippen MR) is 128 cm³/mol. The summed E-state index contributed by atoms with van der Waals surface area (Å²) >= 11 is 0. The standard InChI is InChI=1S/C26H30N4O2/c1-4-17(3)28-26(31)29-19-11-9-18(10-12-19)25-23(16-27)22-14-13-21(32-5-2)15-24(22)30(25)20-7-6-8-20/h9-15,17,20H,4-8H2,1-3H3,(H2,28,29,31)/t17-/m1/s1. The molecule has 1 aromatic heterocycles. The highest BCUT2D eigenvalue weighted by molar-refractivity contribution is 5.96.